The molecule has 1 amide bonds. The zero-order valence-corrected chi connectivity index (χ0v) is 14.3. The van der Waals surface area contributed by atoms with Crippen LogP contribution in [0.15, 0.2) is 63.6 Å². The molecule has 0 fully saturated rings. The van der Waals surface area contributed by atoms with Crippen LogP contribution in [0.3, 0.4) is 0 Å². The molecular formula is C17H12BrClN2O2. The van der Waals surface area contributed by atoms with Gasteiger partial charge in [0.25, 0.3) is 5.91 Å². The summed E-state index contributed by atoms with van der Waals surface area (Å²) in [5.74, 6) is 0.459. The lowest BCUT2D eigenvalue weighted by Gasteiger charge is -2.04. The summed E-state index contributed by atoms with van der Waals surface area (Å²) in [7, 11) is 0. The lowest BCUT2D eigenvalue weighted by atomic mass is 10.1. The highest BCUT2D eigenvalue weighted by Crippen LogP contribution is 2.22. The third-order valence-electron chi connectivity index (χ3n) is 3.24. The van der Waals surface area contributed by atoms with Gasteiger partial charge in [-0.2, -0.15) is 0 Å². The van der Waals surface area contributed by atoms with Crippen molar-refractivity contribution in [2.45, 2.75) is 6.54 Å². The summed E-state index contributed by atoms with van der Waals surface area (Å²) in [4.78, 5) is 12.1. The van der Waals surface area contributed by atoms with Crippen molar-refractivity contribution in [2.75, 3.05) is 0 Å². The monoisotopic (exact) mass is 390 g/mol. The lowest BCUT2D eigenvalue weighted by molar-refractivity contribution is 0.0949. The number of halogens is 2. The zero-order chi connectivity index (χ0) is 16.2. The first kappa shape index (κ1) is 15.8. The second-order valence-corrected chi connectivity index (χ2v) is 6.14. The van der Waals surface area contributed by atoms with Gasteiger partial charge in [0, 0.05) is 21.1 Å². The highest BCUT2D eigenvalue weighted by molar-refractivity contribution is 9.10. The second-order valence-electron chi connectivity index (χ2n) is 4.85. The van der Waals surface area contributed by atoms with Gasteiger partial charge >= 0.3 is 0 Å². The summed E-state index contributed by atoms with van der Waals surface area (Å²) in [6.45, 7) is 0.289. The lowest BCUT2D eigenvalue weighted by Crippen LogP contribution is -2.23. The third-order valence-corrected chi connectivity index (χ3v) is 4.18. The summed E-state index contributed by atoms with van der Waals surface area (Å²) < 4.78 is 6.05. The Bertz CT molecular complexity index is 831. The molecule has 1 heterocycles. The Morgan fingerprint density at radius 1 is 1.17 bits per heavy atom. The van der Waals surface area contributed by atoms with Gasteiger partial charge in [-0.25, -0.2) is 0 Å². The van der Waals surface area contributed by atoms with Crippen LogP contribution in [0.25, 0.3) is 11.3 Å². The molecule has 0 radical (unpaired) electrons. The predicted octanol–water partition coefficient (Wildman–Crippen LogP) is 4.69. The molecule has 23 heavy (non-hydrogen) atoms. The van der Waals surface area contributed by atoms with Gasteiger partial charge in [0.1, 0.15) is 5.69 Å². The molecule has 0 aliphatic heterocycles. The van der Waals surface area contributed by atoms with E-state index in [1.54, 1.807) is 24.3 Å². The number of nitrogens with one attached hydrogen (secondary N) is 1. The molecule has 0 atom stereocenters. The maximum atomic E-state index is 12.1. The van der Waals surface area contributed by atoms with Crippen molar-refractivity contribution in [1.82, 2.24) is 10.5 Å². The molecule has 116 valence electrons. The first-order chi connectivity index (χ1) is 11.1. The van der Waals surface area contributed by atoms with Gasteiger partial charge in [0.15, 0.2) is 5.76 Å². The number of hydrogen-bond acceptors (Lipinski definition) is 3. The fourth-order valence-corrected chi connectivity index (χ4v) is 2.65. The van der Waals surface area contributed by atoms with Crippen LogP contribution < -0.4 is 5.32 Å². The largest absolute Gasteiger partial charge is 0.356 e. The van der Waals surface area contributed by atoms with E-state index in [2.05, 4.69) is 26.4 Å². The molecule has 0 spiro atoms. The van der Waals surface area contributed by atoms with Gasteiger partial charge < -0.3 is 9.84 Å². The van der Waals surface area contributed by atoms with Gasteiger partial charge in [-0.05, 0) is 52.3 Å². The normalized spacial score (nSPS) is 10.5. The maximum absolute atomic E-state index is 12.1. The third kappa shape index (κ3) is 3.81. The van der Waals surface area contributed by atoms with Gasteiger partial charge in [-0.15, -0.1) is 0 Å². The van der Waals surface area contributed by atoms with Crippen molar-refractivity contribution >= 4 is 33.4 Å². The van der Waals surface area contributed by atoms with Crippen molar-refractivity contribution in [3.8, 4) is 11.3 Å². The van der Waals surface area contributed by atoms with E-state index in [1.165, 1.54) is 0 Å². The fourth-order valence-electron chi connectivity index (χ4n) is 2.06. The Labute approximate surface area is 146 Å². The molecule has 0 aliphatic rings. The highest BCUT2D eigenvalue weighted by Gasteiger charge is 2.11. The molecule has 3 rings (SSSR count). The van der Waals surface area contributed by atoms with Crippen molar-refractivity contribution in [3.05, 3.63) is 75.4 Å². The number of hydrogen-bond donors (Lipinski definition) is 1. The van der Waals surface area contributed by atoms with E-state index in [-0.39, 0.29) is 12.5 Å². The summed E-state index contributed by atoms with van der Waals surface area (Å²) in [5, 5.41) is 7.45. The number of carbonyl (C=O) groups excluding carboxylic acids is 1. The predicted molar refractivity (Wildman–Crippen MR) is 92.3 cm³/mol. The van der Waals surface area contributed by atoms with Crippen LogP contribution in [0.1, 0.15) is 16.1 Å². The second kappa shape index (κ2) is 6.98. The van der Waals surface area contributed by atoms with Crippen molar-refractivity contribution in [2.24, 2.45) is 0 Å². The number of benzene rings is 2. The Hall–Kier alpha value is -2.11. The van der Waals surface area contributed by atoms with E-state index in [0.29, 0.717) is 22.0 Å². The molecule has 2 aromatic carbocycles. The minimum Gasteiger partial charge on any atom is -0.356 e. The Morgan fingerprint density at radius 3 is 2.65 bits per heavy atom. The highest BCUT2D eigenvalue weighted by atomic mass is 79.9. The molecule has 3 aromatic rings. The maximum Gasteiger partial charge on any atom is 0.252 e. The Morgan fingerprint density at radius 2 is 1.91 bits per heavy atom. The first-order valence-electron chi connectivity index (χ1n) is 6.88. The minimum atomic E-state index is -0.173. The molecule has 0 bridgehead atoms. The van der Waals surface area contributed by atoms with Crippen LogP contribution in [0.2, 0.25) is 5.02 Å². The number of nitrogens with zero attached hydrogens (tertiary/aromatic N) is 1. The van der Waals surface area contributed by atoms with E-state index >= 15 is 0 Å². The van der Waals surface area contributed by atoms with Crippen LogP contribution in [0.4, 0.5) is 0 Å². The SMILES string of the molecule is O=C(NCc1cc(-c2ccc(Cl)cc2)on1)c1ccccc1Br. The average molecular weight is 392 g/mol. The molecular weight excluding hydrogens is 380 g/mol. The van der Waals surface area contributed by atoms with Crippen LogP contribution in [-0.2, 0) is 6.54 Å². The van der Waals surface area contributed by atoms with Gasteiger partial charge in [-0.3, -0.25) is 4.79 Å². The first-order valence-corrected chi connectivity index (χ1v) is 8.05. The van der Waals surface area contributed by atoms with E-state index in [0.717, 1.165) is 10.0 Å². The van der Waals surface area contributed by atoms with E-state index in [1.807, 2.05) is 30.3 Å². The van der Waals surface area contributed by atoms with E-state index in [4.69, 9.17) is 16.1 Å². The van der Waals surface area contributed by atoms with Crippen LogP contribution in [0, 0.1) is 0 Å². The summed E-state index contributed by atoms with van der Waals surface area (Å²) in [6.07, 6.45) is 0. The molecule has 0 saturated heterocycles. The van der Waals surface area contributed by atoms with Crippen LogP contribution >= 0.6 is 27.5 Å². The quantitative estimate of drug-likeness (QED) is 0.702. The molecule has 0 aliphatic carbocycles. The summed E-state index contributed by atoms with van der Waals surface area (Å²) >= 11 is 9.22. The standard InChI is InChI=1S/C17H12BrClN2O2/c18-15-4-2-1-3-14(15)17(22)20-10-13-9-16(23-21-13)11-5-7-12(19)8-6-11/h1-9H,10H2,(H,20,22). The molecule has 0 saturated carbocycles. The summed E-state index contributed by atoms with van der Waals surface area (Å²) in [6, 6.07) is 16.3. The van der Waals surface area contributed by atoms with Gasteiger partial charge in [0.2, 0.25) is 0 Å². The minimum absolute atomic E-state index is 0.173. The van der Waals surface area contributed by atoms with E-state index in [9.17, 15) is 4.79 Å². The topological polar surface area (TPSA) is 55.1 Å². The van der Waals surface area contributed by atoms with Gasteiger partial charge in [-0.1, -0.05) is 28.9 Å². The van der Waals surface area contributed by atoms with Crippen LogP contribution in [-0.4, -0.2) is 11.1 Å². The number of rotatable bonds is 4. The van der Waals surface area contributed by atoms with Crippen molar-refractivity contribution in [1.29, 1.82) is 0 Å². The molecule has 4 nitrogen and oxygen atoms in total. The number of carbonyl (C=O) groups is 1. The molecule has 6 heteroatoms. The number of aromatic nitrogens is 1. The fraction of sp³-hybridized carbons (Fsp3) is 0.0588. The summed E-state index contributed by atoms with van der Waals surface area (Å²) in [5.41, 5.74) is 2.11. The molecule has 1 N–H and O–H groups in total. The Kier molecular flexibility index (Phi) is 4.79. The van der Waals surface area contributed by atoms with Crippen LogP contribution in [0.5, 0.6) is 0 Å². The average Bonchev–Trinajstić information content (AvgIpc) is 3.03. The smallest absolute Gasteiger partial charge is 0.252 e. The van der Waals surface area contributed by atoms with Crippen molar-refractivity contribution < 1.29 is 9.32 Å². The molecule has 0 unspecified atom stereocenters. The molecule has 1 aromatic heterocycles. The number of amides is 1. The zero-order valence-electron chi connectivity index (χ0n) is 11.9. The van der Waals surface area contributed by atoms with Crippen molar-refractivity contribution in [3.63, 3.8) is 0 Å². The van der Waals surface area contributed by atoms with Gasteiger partial charge in [0.05, 0.1) is 12.1 Å². The Balaban J connectivity index is 1.67. The van der Waals surface area contributed by atoms with E-state index < -0.39 is 0 Å².